The van der Waals surface area contributed by atoms with Gasteiger partial charge in [0.25, 0.3) is 11.7 Å². The van der Waals surface area contributed by atoms with Crippen molar-refractivity contribution in [2.24, 2.45) is 0 Å². The molecule has 2 aliphatic rings. The molecule has 1 amide bonds. The van der Waals surface area contributed by atoms with Crippen molar-refractivity contribution in [2.75, 3.05) is 46.0 Å². The number of aliphatic hydroxyl groups is 1. The topological polar surface area (TPSA) is 79.3 Å². The number of aliphatic hydroxyl groups excluding tert-OH is 1. The maximum Gasteiger partial charge on any atom is 0.295 e. The molecular formula is C31H38N2O5. The number of hydrogen-bond donors (Lipinski definition) is 1. The molecule has 2 saturated heterocycles. The molecule has 0 saturated carbocycles. The van der Waals surface area contributed by atoms with Gasteiger partial charge in [-0.2, -0.15) is 0 Å². The van der Waals surface area contributed by atoms with E-state index in [1.54, 1.807) is 35.2 Å². The Labute approximate surface area is 225 Å². The number of ether oxygens (including phenoxy) is 2. The van der Waals surface area contributed by atoms with Crippen LogP contribution in [0.5, 0.6) is 5.75 Å². The number of carbonyl (C=O) groups is 2. The van der Waals surface area contributed by atoms with Crippen LogP contribution in [0, 0.1) is 0 Å². The van der Waals surface area contributed by atoms with Crippen LogP contribution in [0.3, 0.4) is 0 Å². The molecule has 0 aromatic heterocycles. The van der Waals surface area contributed by atoms with Gasteiger partial charge in [0, 0.05) is 31.7 Å². The van der Waals surface area contributed by atoms with Crippen LogP contribution in [0.1, 0.15) is 49.9 Å². The summed E-state index contributed by atoms with van der Waals surface area (Å²) in [7, 11) is 0. The molecular weight excluding hydrogens is 480 g/mol. The smallest absolute Gasteiger partial charge is 0.295 e. The van der Waals surface area contributed by atoms with Crippen molar-refractivity contribution in [1.29, 1.82) is 0 Å². The molecule has 2 aromatic carbocycles. The van der Waals surface area contributed by atoms with E-state index in [1.807, 2.05) is 24.3 Å². The van der Waals surface area contributed by atoms with Crippen LogP contribution in [-0.2, 0) is 19.7 Å². The summed E-state index contributed by atoms with van der Waals surface area (Å²) < 4.78 is 11.0. The van der Waals surface area contributed by atoms with Gasteiger partial charge in [0.1, 0.15) is 18.1 Å². The number of hydrogen-bond acceptors (Lipinski definition) is 6. The first-order valence-electron chi connectivity index (χ1n) is 13.2. The molecule has 7 heteroatoms. The molecule has 38 heavy (non-hydrogen) atoms. The molecule has 2 aromatic rings. The lowest BCUT2D eigenvalue weighted by Gasteiger charge is -2.29. The Bertz CT molecular complexity index is 1170. The predicted molar refractivity (Wildman–Crippen MR) is 148 cm³/mol. The summed E-state index contributed by atoms with van der Waals surface area (Å²) in [6, 6.07) is 14.2. The summed E-state index contributed by atoms with van der Waals surface area (Å²) in [5.41, 5.74) is 2.49. The highest BCUT2D eigenvalue weighted by molar-refractivity contribution is 6.46. The zero-order valence-corrected chi connectivity index (χ0v) is 22.6. The van der Waals surface area contributed by atoms with Crippen LogP contribution >= 0.6 is 0 Å². The molecule has 0 bridgehead atoms. The van der Waals surface area contributed by atoms with Gasteiger partial charge in [-0.1, -0.05) is 57.7 Å². The van der Waals surface area contributed by atoms with E-state index >= 15 is 0 Å². The van der Waals surface area contributed by atoms with Crippen LogP contribution in [-0.4, -0.2) is 72.6 Å². The average molecular weight is 519 g/mol. The molecule has 2 aliphatic heterocycles. The molecule has 1 atom stereocenters. The largest absolute Gasteiger partial charge is 0.507 e. The molecule has 202 valence electrons. The van der Waals surface area contributed by atoms with Gasteiger partial charge in [0.2, 0.25) is 0 Å². The maximum atomic E-state index is 13.3. The van der Waals surface area contributed by atoms with E-state index in [0.29, 0.717) is 37.7 Å². The minimum atomic E-state index is -0.662. The van der Waals surface area contributed by atoms with Crippen molar-refractivity contribution in [3.8, 4) is 5.75 Å². The van der Waals surface area contributed by atoms with Gasteiger partial charge in [-0.15, -0.1) is 0 Å². The summed E-state index contributed by atoms with van der Waals surface area (Å²) in [5.74, 6) is -0.798. The zero-order valence-electron chi connectivity index (χ0n) is 22.6. The van der Waals surface area contributed by atoms with Crippen LogP contribution in [0.2, 0.25) is 0 Å². The normalized spacial score (nSPS) is 20.1. The van der Waals surface area contributed by atoms with E-state index in [1.165, 1.54) is 0 Å². The van der Waals surface area contributed by atoms with Crippen molar-refractivity contribution >= 4 is 17.4 Å². The number of morpholine rings is 1. The van der Waals surface area contributed by atoms with Crippen molar-refractivity contribution in [3.05, 3.63) is 83.4 Å². The van der Waals surface area contributed by atoms with Crippen LogP contribution in [0.25, 0.3) is 5.76 Å². The summed E-state index contributed by atoms with van der Waals surface area (Å²) in [5, 5.41) is 11.3. The lowest BCUT2D eigenvalue weighted by atomic mass is 9.85. The first-order chi connectivity index (χ1) is 18.2. The predicted octanol–water partition coefficient (Wildman–Crippen LogP) is 4.69. The fourth-order valence-electron chi connectivity index (χ4n) is 4.93. The van der Waals surface area contributed by atoms with Gasteiger partial charge >= 0.3 is 0 Å². The van der Waals surface area contributed by atoms with Gasteiger partial charge in [0.05, 0.1) is 24.8 Å². The van der Waals surface area contributed by atoms with Crippen molar-refractivity contribution < 1.29 is 24.2 Å². The number of carbonyl (C=O) groups excluding carboxylic acids is 2. The lowest BCUT2D eigenvalue weighted by Crippen LogP contribution is -2.39. The Kier molecular flexibility index (Phi) is 8.69. The van der Waals surface area contributed by atoms with E-state index in [9.17, 15) is 14.7 Å². The van der Waals surface area contributed by atoms with Crippen LogP contribution < -0.4 is 4.74 Å². The highest BCUT2D eigenvalue weighted by Crippen LogP contribution is 2.40. The molecule has 1 N–H and O–H groups in total. The SMILES string of the molecule is C=CCOc1ccc(/C(O)=C2\C(=O)C(=O)N(CCCN3CCOCC3)[C@@H]2c2ccc(C(C)(C)C)cc2)cc1. The fraction of sp³-hybridized carbons (Fsp3) is 0.419. The number of nitrogens with zero attached hydrogens (tertiary/aromatic N) is 2. The summed E-state index contributed by atoms with van der Waals surface area (Å²) >= 11 is 0. The fourth-order valence-corrected chi connectivity index (χ4v) is 4.93. The molecule has 0 radical (unpaired) electrons. The van der Waals surface area contributed by atoms with Gasteiger partial charge in [-0.05, 0) is 47.2 Å². The summed E-state index contributed by atoms with van der Waals surface area (Å²) in [6.07, 6.45) is 2.37. The zero-order chi connectivity index (χ0) is 27.3. The molecule has 7 nitrogen and oxygen atoms in total. The number of ketones is 1. The van der Waals surface area contributed by atoms with E-state index in [2.05, 4.69) is 32.3 Å². The minimum Gasteiger partial charge on any atom is -0.507 e. The van der Waals surface area contributed by atoms with Crippen LogP contribution in [0.15, 0.2) is 66.8 Å². The average Bonchev–Trinajstić information content (AvgIpc) is 3.17. The highest BCUT2D eigenvalue weighted by atomic mass is 16.5. The number of likely N-dealkylation sites (tertiary alicyclic amines) is 1. The Balaban J connectivity index is 1.67. The Morgan fingerprint density at radius 2 is 1.71 bits per heavy atom. The van der Waals surface area contributed by atoms with Crippen molar-refractivity contribution in [3.63, 3.8) is 0 Å². The number of benzene rings is 2. The van der Waals surface area contributed by atoms with Gasteiger partial charge in [-0.3, -0.25) is 14.5 Å². The molecule has 0 unspecified atom stereocenters. The molecule has 2 fully saturated rings. The van der Waals surface area contributed by atoms with E-state index in [0.717, 1.165) is 37.2 Å². The molecule has 4 rings (SSSR count). The molecule has 0 spiro atoms. The standard InChI is InChI=1S/C31H38N2O5/c1-5-19-38-25-13-9-23(10-14-25)28(34)26-27(22-7-11-24(12-8-22)31(2,3)4)33(30(36)29(26)35)16-6-15-32-17-20-37-21-18-32/h5,7-14,27,34H,1,6,15-21H2,2-4H3/b28-26+/t27-/m1/s1. The summed E-state index contributed by atoms with van der Waals surface area (Å²) in [6.45, 7) is 14.8. The maximum absolute atomic E-state index is 13.3. The number of rotatable bonds is 9. The number of amides is 1. The second-order valence-corrected chi connectivity index (χ2v) is 10.8. The van der Waals surface area contributed by atoms with Gasteiger partial charge in [-0.25, -0.2) is 0 Å². The first-order valence-corrected chi connectivity index (χ1v) is 13.2. The van der Waals surface area contributed by atoms with Gasteiger partial charge < -0.3 is 19.5 Å². The second-order valence-electron chi connectivity index (χ2n) is 10.8. The Morgan fingerprint density at radius 1 is 1.05 bits per heavy atom. The minimum absolute atomic E-state index is 0.0338. The summed E-state index contributed by atoms with van der Waals surface area (Å²) in [4.78, 5) is 30.5. The molecule has 2 heterocycles. The second kappa shape index (κ2) is 12.0. The van der Waals surface area contributed by atoms with E-state index < -0.39 is 17.7 Å². The van der Waals surface area contributed by atoms with E-state index in [4.69, 9.17) is 9.47 Å². The monoisotopic (exact) mass is 518 g/mol. The Hall–Kier alpha value is -3.42. The van der Waals surface area contributed by atoms with Gasteiger partial charge in [0.15, 0.2) is 0 Å². The number of Topliss-reactive ketones (excluding diaryl/α,β-unsaturated/α-hetero) is 1. The highest BCUT2D eigenvalue weighted by Gasteiger charge is 2.45. The third kappa shape index (κ3) is 6.17. The first kappa shape index (κ1) is 27.6. The van der Waals surface area contributed by atoms with Crippen molar-refractivity contribution in [2.45, 2.75) is 38.6 Å². The van der Waals surface area contributed by atoms with E-state index in [-0.39, 0.29) is 16.7 Å². The third-order valence-electron chi connectivity index (χ3n) is 7.11. The lowest BCUT2D eigenvalue weighted by molar-refractivity contribution is -0.140. The quantitative estimate of drug-likeness (QED) is 0.225. The van der Waals surface area contributed by atoms with Crippen LogP contribution in [0.4, 0.5) is 0 Å². The third-order valence-corrected chi connectivity index (χ3v) is 7.11. The molecule has 0 aliphatic carbocycles. The van der Waals surface area contributed by atoms with Crippen molar-refractivity contribution in [1.82, 2.24) is 9.80 Å². The Morgan fingerprint density at radius 3 is 2.32 bits per heavy atom.